The van der Waals surface area contributed by atoms with E-state index in [4.69, 9.17) is 16.3 Å². The minimum atomic E-state index is -0.187. The fourth-order valence-corrected chi connectivity index (χ4v) is 1.86. The predicted molar refractivity (Wildman–Crippen MR) is 70.6 cm³/mol. The van der Waals surface area contributed by atoms with Gasteiger partial charge < -0.3 is 10.1 Å². The lowest BCUT2D eigenvalue weighted by Gasteiger charge is -2.12. The highest BCUT2D eigenvalue weighted by molar-refractivity contribution is 6.34. The summed E-state index contributed by atoms with van der Waals surface area (Å²) in [5.74, 6) is -0.187. The van der Waals surface area contributed by atoms with Crippen LogP contribution in [0.5, 0.6) is 0 Å². The van der Waals surface area contributed by atoms with Crippen LogP contribution in [0.15, 0.2) is 12.1 Å². The van der Waals surface area contributed by atoms with Gasteiger partial charge in [-0.05, 0) is 44.9 Å². The first-order valence-electron chi connectivity index (χ1n) is 5.58. The summed E-state index contributed by atoms with van der Waals surface area (Å²) in [4.78, 5) is 11.6. The molecule has 1 aromatic rings. The molecule has 0 saturated heterocycles. The van der Waals surface area contributed by atoms with E-state index in [1.54, 1.807) is 0 Å². The van der Waals surface area contributed by atoms with Gasteiger partial charge in [-0.1, -0.05) is 17.7 Å². The van der Waals surface area contributed by atoms with Crippen molar-refractivity contribution in [2.24, 2.45) is 0 Å². The molecule has 0 atom stereocenters. The molecule has 0 aromatic heterocycles. The molecule has 0 aliphatic rings. The summed E-state index contributed by atoms with van der Waals surface area (Å²) < 4.78 is 5.22. The maximum atomic E-state index is 11.6. The molecule has 0 radical (unpaired) electrons. The van der Waals surface area contributed by atoms with Crippen LogP contribution in [-0.4, -0.2) is 18.6 Å². The van der Waals surface area contributed by atoms with Crippen molar-refractivity contribution in [3.8, 4) is 0 Å². The maximum absolute atomic E-state index is 11.6. The van der Waals surface area contributed by atoms with E-state index in [1.165, 1.54) is 0 Å². The number of nitrogens with one attached hydrogen (secondary N) is 1. The predicted octanol–water partition coefficient (Wildman–Crippen LogP) is 3.32. The third-order valence-electron chi connectivity index (χ3n) is 2.24. The molecule has 94 valence electrons. The van der Waals surface area contributed by atoms with Gasteiger partial charge in [-0.25, -0.2) is 0 Å². The van der Waals surface area contributed by atoms with Gasteiger partial charge in [0.05, 0.1) is 16.8 Å². The van der Waals surface area contributed by atoms with Crippen LogP contribution in [-0.2, 0) is 9.53 Å². The van der Waals surface area contributed by atoms with E-state index in [2.05, 4.69) is 5.32 Å². The van der Waals surface area contributed by atoms with Gasteiger partial charge in [0.25, 0.3) is 0 Å². The zero-order valence-electron chi connectivity index (χ0n) is 10.6. The van der Waals surface area contributed by atoms with Gasteiger partial charge in [-0.2, -0.15) is 0 Å². The van der Waals surface area contributed by atoms with Crippen LogP contribution in [0.1, 0.15) is 25.0 Å². The number of ether oxygens (including phenoxy) is 1. The van der Waals surface area contributed by atoms with E-state index in [0.29, 0.717) is 10.7 Å². The first-order valence-corrected chi connectivity index (χ1v) is 5.96. The third-order valence-corrected chi connectivity index (χ3v) is 2.54. The summed E-state index contributed by atoms with van der Waals surface area (Å²) in [6.45, 7) is 7.69. The van der Waals surface area contributed by atoms with Crippen molar-refractivity contribution in [3.05, 3.63) is 28.3 Å². The Hall–Kier alpha value is -1.06. The van der Waals surface area contributed by atoms with Gasteiger partial charge in [0, 0.05) is 0 Å². The molecular weight excluding hydrogens is 238 g/mol. The number of carbonyl (C=O) groups is 1. The van der Waals surface area contributed by atoms with E-state index in [-0.39, 0.29) is 18.6 Å². The van der Waals surface area contributed by atoms with Crippen molar-refractivity contribution in [1.82, 2.24) is 0 Å². The van der Waals surface area contributed by atoms with Crippen LogP contribution < -0.4 is 5.32 Å². The van der Waals surface area contributed by atoms with E-state index in [9.17, 15) is 4.79 Å². The average molecular weight is 256 g/mol. The van der Waals surface area contributed by atoms with Gasteiger partial charge in [-0.3, -0.25) is 4.79 Å². The number of amides is 1. The van der Waals surface area contributed by atoms with Gasteiger partial charge in [0.2, 0.25) is 5.91 Å². The minimum Gasteiger partial charge on any atom is -0.369 e. The van der Waals surface area contributed by atoms with Crippen LogP contribution in [0.4, 0.5) is 5.69 Å². The normalized spacial score (nSPS) is 10.7. The quantitative estimate of drug-likeness (QED) is 0.896. The van der Waals surface area contributed by atoms with E-state index in [1.807, 2.05) is 39.8 Å². The summed E-state index contributed by atoms with van der Waals surface area (Å²) in [5.41, 5.74) is 2.69. The monoisotopic (exact) mass is 255 g/mol. The topological polar surface area (TPSA) is 38.3 Å². The molecule has 17 heavy (non-hydrogen) atoms. The van der Waals surface area contributed by atoms with Gasteiger partial charge in [0.15, 0.2) is 0 Å². The smallest absolute Gasteiger partial charge is 0.250 e. The molecule has 1 aromatic carbocycles. The first kappa shape index (κ1) is 14.0. The summed E-state index contributed by atoms with van der Waals surface area (Å²) in [6.07, 6.45) is 0.0373. The van der Waals surface area contributed by atoms with Gasteiger partial charge >= 0.3 is 0 Å². The molecule has 0 heterocycles. The molecule has 1 N–H and O–H groups in total. The SMILES string of the molecule is Cc1cc(C)c(NC(=O)COC(C)C)c(Cl)c1. The third kappa shape index (κ3) is 4.36. The Morgan fingerprint density at radius 1 is 1.41 bits per heavy atom. The Bertz CT molecular complexity index is 393. The van der Waals surface area contributed by atoms with Crippen molar-refractivity contribution in [2.75, 3.05) is 11.9 Å². The minimum absolute atomic E-state index is 0.0373. The van der Waals surface area contributed by atoms with Gasteiger partial charge in [0.1, 0.15) is 6.61 Å². The molecule has 0 aliphatic carbocycles. The van der Waals surface area contributed by atoms with Crippen LogP contribution in [0.3, 0.4) is 0 Å². The highest BCUT2D eigenvalue weighted by atomic mass is 35.5. The van der Waals surface area contributed by atoms with E-state index >= 15 is 0 Å². The highest BCUT2D eigenvalue weighted by Gasteiger charge is 2.10. The largest absolute Gasteiger partial charge is 0.369 e. The Morgan fingerprint density at radius 3 is 2.59 bits per heavy atom. The first-order chi connectivity index (χ1) is 7.90. The number of hydrogen-bond acceptors (Lipinski definition) is 2. The molecule has 0 bridgehead atoms. The Kier molecular flexibility index (Phi) is 4.97. The highest BCUT2D eigenvalue weighted by Crippen LogP contribution is 2.27. The summed E-state index contributed by atoms with van der Waals surface area (Å²) in [7, 11) is 0. The zero-order valence-corrected chi connectivity index (χ0v) is 11.4. The number of carbonyl (C=O) groups excluding carboxylic acids is 1. The molecular formula is C13H18ClNO2. The number of benzene rings is 1. The lowest BCUT2D eigenvalue weighted by molar-refractivity contribution is -0.121. The second-order valence-corrected chi connectivity index (χ2v) is 4.75. The summed E-state index contributed by atoms with van der Waals surface area (Å²) in [6, 6.07) is 3.80. The lowest BCUT2D eigenvalue weighted by atomic mass is 10.1. The van der Waals surface area contributed by atoms with Crippen molar-refractivity contribution < 1.29 is 9.53 Å². The van der Waals surface area contributed by atoms with Crippen LogP contribution in [0, 0.1) is 13.8 Å². The number of anilines is 1. The second-order valence-electron chi connectivity index (χ2n) is 4.35. The average Bonchev–Trinajstić information content (AvgIpc) is 2.20. The second kappa shape index (κ2) is 6.03. The van der Waals surface area contributed by atoms with Crippen molar-refractivity contribution in [2.45, 2.75) is 33.8 Å². The summed E-state index contributed by atoms with van der Waals surface area (Å²) in [5, 5.41) is 3.32. The molecule has 4 heteroatoms. The molecule has 0 saturated carbocycles. The summed E-state index contributed by atoms with van der Waals surface area (Å²) >= 11 is 6.09. The van der Waals surface area contributed by atoms with E-state index < -0.39 is 0 Å². The Balaban J connectivity index is 2.72. The van der Waals surface area contributed by atoms with Crippen LogP contribution in [0.25, 0.3) is 0 Å². The molecule has 1 rings (SSSR count). The standard InChI is InChI=1S/C13H18ClNO2/c1-8(2)17-7-12(16)15-13-10(4)5-9(3)6-11(13)14/h5-6,8H,7H2,1-4H3,(H,15,16). The molecule has 0 unspecified atom stereocenters. The molecule has 0 fully saturated rings. The van der Waals surface area contributed by atoms with Crippen molar-refractivity contribution in [1.29, 1.82) is 0 Å². The van der Waals surface area contributed by atoms with Crippen molar-refractivity contribution in [3.63, 3.8) is 0 Å². The fraction of sp³-hybridized carbons (Fsp3) is 0.462. The maximum Gasteiger partial charge on any atom is 0.250 e. The fourth-order valence-electron chi connectivity index (χ4n) is 1.49. The lowest BCUT2D eigenvalue weighted by Crippen LogP contribution is -2.21. The van der Waals surface area contributed by atoms with Gasteiger partial charge in [-0.15, -0.1) is 0 Å². The number of rotatable bonds is 4. The number of hydrogen-bond donors (Lipinski definition) is 1. The molecule has 1 amide bonds. The molecule has 0 spiro atoms. The Labute approximate surface area is 107 Å². The number of aryl methyl sites for hydroxylation is 2. The molecule has 3 nitrogen and oxygen atoms in total. The molecule has 0 aliphatic heterocycles. The van der Waals surface area contributed by atoms with Crippen LogP contribution in [0.2, 0.25) is 5.02 Å². The van der Waals surface area contributed by atoms with Crippen molar-refractivity contribution >= 4 is 23.2 Å². The Morgan fingerprint density at radius 2 is 2.06 bits per heavy atom. The van der Waals surface area contributed by atoms with Crippen LogP contribution >= 0.6 is 11.6 Å². The number of halogens is 1. The van der Waals surface area contributed by atoms with E-state index in [0.717, 1.165) is 11.1 Å². The zero-order chi connectivity index (χ0) is 13.0.